The quantitative estimate of drug-likeness (QED) is 0.564. The average Bonchev–Trinajstić information content (AvgIpc) is 3.03. The van der Waals surface area contributed by atoms with Gasteiger partial charge in [-0.2, -0.15) is 0 Å². The first-order valence-electron chi connectivity index (χ1n) is 5.45. The van der Waals surface area contributed by atoms with Crippen molar-refractivity contribution >= 4 is 23.8 Å². The van der Waals surface area contributed by atoms with Gasteiger partial charge in [-0.1, -0.05) is 18.5 Å². The molecule has 0 unspecified atom stereocenters. The molecule has 0 aliphatic heterocycles. The largest absolute Gasteiger partial charge is 0.368 e. The van der Waals surface area contributed by atoms with E-state index in [4.69, 9.17) is 22.7 Å². The second-order valence-electron chi connectivity index (χ2n) is 4.32. The highest BCUT2D eigenvalue weighted by atomic mass is 35.5. The molecule has 2 rings (SSSR count). The molecule has 17 heavy (non-hydrogen) atoms. The Labute approximate surface area is 104 Å². The first-order chi connectivity index (χ1) is 8.00. The van der Waals surface area contributed by atoms with Crippen LogP contribution in [-0.4, -0.2) is 17.2 Å². The van der Waals surface area contributed by atoms with Crippen molar-refractivity contribution < 1.29 is 4.39 Å². The summed E-state index contributed by atoms with van der Waals surface area (Å²) in [6.07, 6.45) is 4.11. The van der Waals surface area contributed by atoms with Crippen LogP contribution in [-0.2, 0) is 5.41 Å². The molecule has 0 bridgehead atoms. The molecule has 1 aromatic heterocycles. The molecule has 1 aliphatic rings. The van der Waals surface area contributed by atoms with Gasteiger partial charge in [0.05, 0.1) is 17.6 Å². The molecule has 4 N–H and O–H groups in total. The lowest BCUT2D eigenvalue weighted by molar-refractivity contribution is 0.554. The fraction of sp³-hybridized carbons (Fsp3) is 0.455. The molecule has 1 aromatic rings. The molecule has 1 aliphatic carbocycles. The highest BCUT2D eigenvalue weighted by Gasteiger charge is 2.46. The van der Waals surface area contributed by atoms with E-state index in [0.717, 1.165) is 19.3 Å². The minimum Gasteiger partial charge on any atom is -0.368 e. The van der Waals surface area contributed by atoms with E-state index in [9.17, 15) is 4.39 Å². The molecule has 0 aromatic carbocycles. The predicted molar refractivity (Wildman–Crippen MR) is 66.5 cm³/mol. The van der Waals surface area contributed by atoms with Gasteiger partial charge in [-0.05, 0) is 19.3 Å². The Morgan fingerprint density at radius 1 is 1.71 bits per heavy atom. The Kier molecular flexibility index (Phi) is 2.95. The van der Waals surface area contributed by atoms with Gasteiger partial charge in [-0.15, -0.1) is 0 Å². The number of H-pyrrole nitrogens is 1. The van der Waals surface area contributed by atoms with Crippen LogP contribution in [0, 0.1) is 11.2 Å². The zero-order chi connectivity index (χ0) is 12.6. The Bertz CT molecular complexity index is 488. The van der Waals surface area contributed by atoms with Crippen LogP contribution in [0.4, 0.5) is 4.39 Å². The van der Waals surface area contributed by atoms with E-state index in [2.05, 4.69) is 9.98 Å². The number of nitrogens with one attached hydrogen (secondary N) is 2. The van der Waals surface area contributed by atoms with Gasteiger partial charge in [0.25, 0.3) is 0 Å². The molecular formula is C11H14ClFN4. The Morgan fingerprint density at radius 3 is 2.82 bits per heavy atom. The van der Waals surface area contributed by atoms with E-state index in [1.54, 1.807) is 0 Å². The number of hydrogen-bond donors (Lipinski definition) is 3. The molecule has 1 heterocycles. The molecule has 1 fully saturated rings. The summed E-state index contributed by atoms with van der Waals surface area (Å²) in [5.41, 5.74) is 5.93. The van der Waals surface area contributed by atoms with Crippen molar-refractivity contribution in [2.45, 2.75) is 31.6 Å². The molecule has 0 spiro atoms. The molecular weight excluding hydrogens is 243 g/mol. The number of aromatic amines is 1. The van der Waals surface area contributed by atoms with Gasteiger partial charge >= 0.3 is 0 Å². The fourth-order valence-electron chi connectivity index (χ4n) is 1.99. The van der Waals surface area contributed by atoms with E-state index < -0.39 is 5.82 Å². The SMILES string of the molecule is CCC1(c2[nH]c(C=NC(=N)N)c(Cl)c2F)CC1. The summed E-state index contributed by atoms with van der Waals surface area (Å²) in [5, 5.41) is 6.99. The van der Waals surface area contributed by atoms with E-state index in [1.807, 2.05) is 6.92 Å². The second kappa shape index (κ2) is 4.14. The monoisotopic (exact) mass is 256 g/mol. The number of hydrogen-bond acceptors (Lipinski definition) is 1. The van der Waals surface area contributed by atoms with Crippen LogP contribution in [0.25, 0.3) is 0 Å². The summed E-state index contributed by atoms with van der Waals surface area (Å²) in [6, 6.07) is 0. The lowest BCUT2D eigenvalue weighted by Crippen LogP contribution is -2.07. The highest BCUT2D eigenvalue weighted by Crippen LogP contribution is 2.52. The standard InChI is InChI=1S/C11H14ClFN4/c1-2-11(3-4-11)9-8(13)7(12)6(17-9)5-16-10(14)15/h5,17H,2-4H2,1H3,(H3,14,15). The van der Waals surface area contributed by atoms with Crippen molar-refractivity contribution in [1.82, 2.24) is 4.98 Å². The third-order valence-electron chi connectivity index (χ3n) is 3.30. The number of nitrogens with two attached hydrogens (primary N) is 1. The van der Waals surface area contributed by atoms with Crippen LogP contribution >= 0.6 is 11.6 Å². The van der Waals surface area contributed by atoms with Crippen LogP contribution in [0.15, 0.2) is 4.99 Å². The molecule has 1 saturated carbocycles. The topological polar surface area (TPSA) is 78.0 Å². The molecule has 0 saturated heterocycles. The summed E-state index contributed by atoms with van der Waals surface area (Å²) in [5.74, 6) is -0.745. The van der Waals surface area contributed by atoms with E-state index >= 15 is 0 Å². The molecule has 92 valence electrons. The normalized spacial score (nSPS) is 17.6. The first-order valence-corrected chi connectivity index (χ1v) is 5.83. The highest BCUT2D eigenvalue weighted by molar-refractivity contribution is 6.33. The lowest BCUT2D eigenvalue weighted by Gasteiger charge is -2.09. The minimum atomic E-state index is -0.406. The summed E-state index contributed by atoms with van der Waals surface area (Å²) in [6.45, 7) is 2.03. The van der Waals surface area contributed by atoms with Gasteiger partial charge in [0.1, 0.15) is 5.02 Å². The number of halogens is 2. The zero-order valence-corrected chi connectivity index (χ0v) is 10.2. The summed E-state index contributed by atoms with van der Waals surface area (Å²) < 4.78 is 14.0. The van der Waals surface area contributed by atoms with Crippen molar-refractivity contribution in [2.24, 2.45) is 10.7 Å². The summed E-state index contributed by atoms with van der Waals surface area (Å²) in [4.78, 5) is 6.54. The smallest absolute Gasteiger partial charge is 0.212 e. The molecule has 6 heteroatoms. The third kappa shape index (κ3) is 2.07. The number of nitrogens with zero attached hydrogens (tertiary/aromatic N) is 1. The lowest BCUT2D eigenvalue weighted by atomic mass is 9.99. The Hall–Kier alpha value is -1.36. The van der Waals surface area contributed by atoms with Crippen LogP contribution in [0.2, 0.25) is 5.02 Å². The summed E-state index contributed by atoms with van der Waals surface area (Å²) in [7, 11) is 0. The van der Waals surface area contributed by atoms with Gasteiger partial charge in [-0.3, -0.25) is 5.41 Å². The van der Waals surface area contributed by atoms with E-state index in [1.165, 1.54) is 6.21 Å². The molecule has 0 amide bonds. The van der Waals surface area contributed by atoms with Crippen molar-refractivity contribution in [3.8, 4) is 0 Å². The Balaban J connectivity index is 2.38. The number of aromatic nitrogens is 1. The average molecular weight is 257 g/mol. The van der Waals surface area contributed by atoms with Gasteiger partial charge in [0, 0.05) is 5.41 Å². The van der Waals surface area contributed by atoms with Crippen molar-refractivity contribution in [2.75, 3.05) is 0 Å². The third-order valence-corrected chi connectivity index (χ3v) is 3.67. The Morgan fingerprint density at radius 2 is 2.35 bits per heavy atom. The summed E-state index contributed by atoms with van der Waals surface area (Å²) >= 11 is 5.88. The van der Waals surface area contributed by atoms with Gasteiger partial charge in [-0.25, -0.2) is 9.38 Å². The van der Waals surface area contributed by atoms with Crippen molar-refractivity contribution in [3.63, 3.8) is 0 Å². The van der Waals surface area contributed by atoms with E-state index in [-0.39, 0.29) is 16.4 Å². The van der Waals surface area contributed by atoms with Gasteiger partial charge in [0.15, 0.2) is 5.82 Å². The van der Waals surface area contributed by atoms with Crippen molar-refractivity contribution in [3.05, 3.63) is 22.2 Å². The molecule has 0 atom stereocenters. The zero-order valence-electron chi connectivity index (χ0n) is 9.48. The second-order valence-corrected chi connectivity index (χ2v) is 4.70. The van der Waals surface area contributed by atoms with Crippen LogP contribution in [0.5, 0.6) is 0 Å². The van der Waals surface area contributed by atoms with Crippen LogP contribution in [0.1, 0.15) is 37.6 Å². The maximum absolute atomic E-state index is 14.0. The van der Waals surface area contributed by atoms with E-state index in [0.29, 0.717) is 11.4 Å². The fourth-order valence-corrected chi connectivity index (χ4v) is 2.18. The predicted octanol–water partition coefficient (Wildman–Crippen LogP) is 2.56. The maximum atomic E-state index is 14.0. The molecule has 0 radical (unpaired) electrons. The number of rotatable bonds is 3. The first kappa shape index (κ1) is 12.1. The number of aliphatic imine (C=N–C) groups is 1. The van der Waals surface area contributed by atoms with Crippen LogP contribution in [0.3, 0.4) is 0 Å². The van der Waals surface area contributed by atoms with Gasteiger partial charge in [0.2, 0.25) is 5.96 Å². The van der Waals surface area contributed by atoms with Crippen molar-refractivity contribution in [1.29, 1.82) is 5.41 Å². The molecule has 4 nitrogen and oxygen atoms in total. The van der Waals surface area contributed by atoms with Crippen LogP contribution < -0.4 is 5.73 Å². The maximum Gasteiger partial charge on any atom is 0.212 e. The minimum absolute atomic E-state index is 0.0183. The van der Waals surface area contributed by atoms with Gasteiger partial charge < -0.3 is 10.7 Å². The number of guanidine groups is 1.